The van der Waals surface area contributed by atoms with Crippen molar-refractivity contribution in [3.05, 3.63) is 42.1 Å². The summed E-state index contributed by atoms with van der Waals surface area (Å²) >= 11 is 0. The van der Waals surface area contributed by atoms with Gasteiger partial charge in [0.05, 0.1) is 64.5 Å². The molecular formula is C23H30N6O7S. The van der Waals surface area contributed by atoms with Crippen LogP contribution in [-0.2, 0) is 19.5 Å². The molecule has 13 nitrogen and oxygen atoms in total. The minimum absolute atomic E-state index is 0.0492. The molecule has 0 bridgehead atoms. The lowest BCUT2D eigenvalue weighted by atomic mass is 10.1. The van der Waals surface area contributed by atoms with E-state index in [-0.39, 0.29) is 12.6 Å². The molecule has 200 valence electrons. The number of methoxy groups -OCH3 is 3. The highest BCUT2D eigenvalue weighted by Crippen LogP contribution is 2.37. The van der Waals surface area contributed by atoms with Crippen LogP contribution in [-0.4, -0.2) is 79.6 Å². The number of ether oxygens (including phenoxy) is 5. The normalized spacial score (nSPS) is 17.6. The molecule has 0 aliphatic carbocycles. The topological polar surface area (TPSA) is 149 Å². The summed E-state index contributed by atoms with van der Waals surface area (Å²) in [5, 5.41) is 7.53. The van der Waals surface area contributed by atoms with Gasteiger partial charge in [0.25, 0.3) is 0 Å². The molecule has 0 radical (unpaired) electrons. The molecule has 1 fully saturated rings. The maximum absolute atomic E-state index is 13.5. The molecule has 3 atom stereocenters. The van der Waals surface area contributed by atoms with Crippen molar-refractivity contribution in [1.82, 2.24) is 24.7 Å². The Morgan fingerprint density at radius 1 is 1.03 bits per heavy atom. The van der Waals surface area contributed by atoms with Crippen LogP contribution < -0.4 is 18.9 Å². The average molecular weight is 535 g/mol. The highest BCUT2D eigenvalue weighted by Gasteiger charge is 2.34. The highest BCUT2D eigenvalue weighted by atomic mass is 32.2. The molecule has 4 rings (SSSR count). The third-order valence-electron chi connectivity index (χ3n) is 6.17. The fourth-order valence-corrected chi connectivity index (χ4v) is 5.13. The van der Waals surface area contributed by atoms with Gasteiger partial charge in [-0.2, -0.15) is 0 Å². The molecule has 3 aromatic rings. The van der Waals surface area contributed by atoms with E-state index in [2.05, 4.69) is 24.9 Å². The molecule has 2 aromatic heterocycles. The molecule has 0 amide bonds. The van der Waals surface area contributed by atoms with Gasteiger partial charge in [0.1, 0.15) is 23.3 Å². The van der Waals surface area contributed by atoms with Gasteiger partial charge in [-0.25, -0.2) is 13.4 Å². The standard InChI is InChI=1S/C23H30N6O7S/c1-14(16-11-25-20(34-5)12-24-16)15(2)37(30,31)28-23-27-26-22(19-13-35-9-10-36-19)29(23)21-17(32-3)7-6-8-18(21)33-4/h6-8,11-12,14-15,19H,9-10,13H2,1-5H3,(H,27,28)/t14-,15-,19-/m0/s1. The van der Waals surface area contributed by atoms with Gasteiger partial charge in [-0.3, -0.25) is 14.3 Å². The van der Waals surface area contributed by atoms with E-state index in [1.807, 2.05) is 0 Å². The number of nitrogens with one attached hydrogen (secondary N) is 1. The largest absolute Gasteiger partial charge is 0.494 e. The van der Waals surface area contributed by atoms with E-state index in [0.29, 0.717) is 47.8 Å². The second-order valence-corrected chi connectivity index (χ2v) is 10.3. The quantitative estimate of drug-likeness (QED) is 0.407. The zero-order valence-electron chi connectivity index (χ0n) is 21.2. The Hall–Kier alpha value is -3.49. The van der Waals surface area contributed by atoms with Crippen molar-refractivity contribution in [2.45, 2.75) is 31.1 Å². The average Bonchev–Trinajstić information content (AvgIpc) is 3.34. The van der Waals surface area contributed by atoms with Crippen LogP contribution >= 0.6 is 0 Å². The van der Waals surface area contributed by atoms with Crippen LogP contribution in [0, 0.1) is 0 Å². The SMILES string of the molecule is COc1cnc([C@@H](C)[C@H](C)S(=O)(=O)Nc2nnc([C@@H]3COCCO3)n2-c2c(OC)cccc2OC)cn1. The van der Waals surface area contributed by atoms with Gasteiger partial charge in [-0.1, -0.05) is 13.0 Å². The Morgan fingerprint density at radius 2 is 1.76 bits per heavy atom. The van der Waals surface area contributed by atoms with E-state index in [4.69, 9.17) is 23.7 Å². The molecule has 1 aliphatic rings. The molecule has 0 saturated carbocycles. The third kappa shape index (κ3) is 5.45. The van der Waals surface area contributed by atoms with Crippen LogP contribution in [0.25, 0.3) is 5.69 Å². The highest BCUT2D eigenvalue weighted by molar-refractivity contribution is 7.93. The molecule has 0 spiro atoms. The predicted molar refractivity (Wildman–Crippen MR) is 133 cm³/mol. The Balaban J connectivity index is 1.74. The Bertz CT molecular complexity index is 1290. The van der Waals surface area contributed by atoms with Crippen LogP contribution in [0.4, 0.5) is 5.95 Å². The van der Waals surface area contributed by atoms with Crippen LogP contribution in [0.2, 0.25) is 0 Å². The summed E-state index contributed by atoms with van der Waals surface area (Å²) in [5.74, 6) is 0.973. The number of nitrogens with zero attached hydrogens (tertiary/aromatic N) is 5. The van der Waals surface area contributed by atoms with E-state index >= 15 is 0 Å². The first-order valence-electron chi connectivity index (χ1n) is 11.5. The predicted octanol–water partition coefficient (Wildman–Crippen LogP) is 2.10. The van der Waals surface area contributed by atoms with E-state index in [1.165, 1.54) is 38.3 Å². The van der Waals surface area contributed by atoms with Crippen molar-refractivity contribution < 1.29 is 32.1 Å². The summed E-state index contributed by atoms with van der Waals surface area (Å²) in [4.78, 5) is 8.42. The first kappa shape index (κ1) is 26.6. The summed E-state index contributed by atoms with van der Waals surface area (Å²) in [7, 11) is 0.504. The Morgan fingerprint density at radius 3 is 2.32 bits per heavy atom. The number of benzene rings is 1. The fourth-order valence-electron chi connectivity index (χ4n) is 3.88. The summed E-state index contributed by atoms with van der Waals surface area (Å²) in [6.07, 6.45) is 2.36. The molecule has 14 heteroatoms. The summed E-state index contributed by atoms with van der Waals surface area (Å²) < 4.78 is 58.8. The van der Waals surface area contributed by atoms with Crippen LogP contribution in [0.15, 0.2) is 30.6 Å². The van der Waals surface area contributed by atoms with Crippen molar-refractivity contribution in [1.29, 1.82) is 0 Å². The molecule has 1 saturated heterocycles. The molecule has 3 heterocycles. The van der Waals surface area contributed by atoms with E-state index in [9.17, 15) is 8.42 Å². The zero-order chi connectivity index (χ0) is 26.6. The van der Waals surface area contributed by atoms with Gasteiger partial charge in [0.2, 0.25) is 21.9 Å². The van der Waals surface area contributed by atoms with Gasteiger partial charge in [0, 0.05) is 5.92 Å². The summed E-state index contributed by atoms with van der Waals surface area (Å²) in [6.45, 7) is 4.38. The monoisotopic (exact) mass is 534 g/mol. The van der Waals surface area contributed by atoms with Crippen LogP contribution in [0.5, 0.6) is 17.4 Å². The number of sulfonamides is 1. The number of hydrogen-bond donors (Lipinski definition) is 1. The molecule has 1 aromatic carbocycles. The lowest BCUT2D eigenvalue weighted by molar-refractivity contribution is -0.0941. The lowest BCUT2D eigenvalue weighted by Gasteiger charge is -2.25. The first-order chi connectivity index (χ1) is 17.8. The van der Waals surface area contributed by atoms with Crippen LogP contribution in [0.3, 0.4) is 0 Å². The minimum atomic E-state index is -3.99. The van der Waals surface area contributed by atoms with Crippen molar-refractivity contribution in [2.75, 3.05) is 45.9 Å². The van der Waals surface area contributed by atoms with Gasteiger partial charge in [-0.15, -0.1) is 10.2 Å². The van der Waals surface area contributed by atoms with Gasteiger partial charge in [0.15, 0.2) is 5.82 Å². The van der Waals surface area contributed by atoms with Gasteiger partial charge in [-0.05, 0) is 19.1 Å². The fraction of sp³-hybridized carbons (Fsp3) is 0.478. The smallest absolute Gasteiger partial charge is 0.243 e. The number of hydrogen-bond acceptors (Lipinski definition) is 11. The second-order valence-electron chi connectivity index (χ2n) is 8.29. The van der Waals surface area contributed by atoms with Gasteiger partial charge < -0.3 is 23.7 Å². The lowest BCUT2D eigenvalue weighted by Crippen LogP contribution is -2.31. The second kappa shape index (κ2) is 11.3. The molecular weight excluding hydrogens is 504 g/mol. The minimum Gasteiger partial charge on any atom is -0.494 e. The number of anilines is 1. The van der Waals surface area contributed by atoms with E-state index < -0.39 is 27.3 Å². The number of para-hydroxylation sites is 1. The third-order valence-corrected chi connectivity index (χ3v) is 8.02. The molecule has 1 aliphatic heterocycles. The van der Waals surface area contributed by atoms with Crippen molar-refractivity contribution in [2.24, 2.45) is 0 Å². The zero-order valence-corrected chi connectivity index (χ0v) is 22.1. The molecule has 1 N–H and O–H groups in total. The summed E-state index contributed by atoms with van der Waals surface area (Å²) in [6, 6.07) is 5.21. The Labute approximate surface area is 215 Å². The molecule has 0 unspecified atom stereocenters. The first-order valence-corrected chi connectivity index (χ1v) is 13.1. The number of aromatic nitrogens is 5. The van der Waals surface area contributed by atoms with E-state index in [0.717, 1.165) is 0 Å². The molecule has 37 heavy (non-hydrogen) atoms. The summed E-state index contributed by atoms with van der Waals surface area (Å²) in [5.41, 5.74) is 0.918. The Kier molecular flexibility index (Phi) is 8.10. The van der Waals surface area contributed by atoms with Gasteiger partial charge >= 0.3 is 0 Å². The maximum atomic E-state index is 13.5. The van der Waals surface area contributed by atoms with Crippen molar-refractivity contribution in [3.63, 3.8) is 0 Å². The maximum Gasteiger partial charge on any atom is 0.243 e. The van der Waals surface area contributed by atoms with Crippen molar-refractivity contribution >= 4 is 16.0 Å². The number of rotatable bonds is 10. The van der Waals surface area contributed by atoms with E-state index in [1.54, 1.807) is 32.0 Å². The van der Waals surface area contributed by atoms with Crippen LogP contribution in [0.1, 0.15) is 37.4 Å². The van der Waals surface area contributed by atoms with Crippen molar-refractivity contribution in [3.8, 4) is 23.1 Å².